The molecule has 0 saturated heterocycles. The Morgan fingerprint density at radius 3 is 2.82 bits per heavy atom. The highest BCUT2D eigenvalue weighted by molar-refractivity contribution is 7.16. The first-order valence-electron chi connectivity index (χ1n) is 9.35. The number of nitriles is 1. The van der Waals surface area contributed by atoms with Crippen LogP contribution in [0.15, 0.2) is 24.3 Å². The van der Waals surface area contributed by atoms with Crippen molar-refractivity contribution in [1.82, 2.24) is 4.98 Å². The van der Waals surface area contributed by atoms with Gasteiger partial charge in [-0.1, -0.05) is 31.4 Å². The number of nitrogens with zero attached hydrogens (tertiary/aromatic N) is 3. The molecule has 28 heavy (non-hydrogen) atoms. The number of hydrogen-bond acceptors (Lipinski definition) is 6. The zero-order valence-corrected chi connectivity index (χ0v) is 16.9. The summed E-state index contributed by atoms with van der Waals surface area (Å²) in [5.74, 6) is -0.109. The van der Waals surface area contributed by atoms with Crippen LogP contribution in [0.25, 0.3) is 0 Å². The second-order valence-corrected chi connectivity index (χ2v) is 8.13. The van der Waals surface area contributed by atoms with Crippen LogP contribution in [0.3, 0.4) is 0 Å². The Labute approximate surface area is 168 Å². The molecule has 7 heteroatoms. The number of ether oxygens (including phenoxy) is 1. The summed E-state index contributed by atoms with van der Waals surface area (Å²) in [5.41, 5.74) is 2.17. The largest absolute Gasteiger partial charge is 0.456 e. The van der Waals surface area contributed by atoms with E-state index in [1.54, 1.807) is 23.1 Å². The SMILES string of the molecule is CC(=O)OCC(=O)N(Cc1cccc(C#N)c1)c1sc(CC2CCC2)nc1C. The molecule has 2 aromatic rings. The predicted octanol–water partition coefficient (Wildman–Crippen LogP) is 3.76. The van der Waals surface area contributed by atoms with Crippen LogP contribution in [0.4, 0.5) is 5.00 Å². The summed E-state index contributed by atoms with van der Waals surface area (Å²) in [6, 6.07) is 9.27. The molecule has 1 amide bonds. The second-order valence-electron chi connectivity index (χ2n) is 7.07. The molecule has 0 aliphatic heterocycles. The highest BCUT2D eigenvalue weighted by Gasteiger charge is 2.25. The van der Waals surface area contributed by atoms with Crippen LogP contribution >= 0.6 is 11.3 Å². The Kier molecular flexibility index (Phi) is 6.42. The monoisotopic (exact) mass is 397 g/mol. The molecule has 146 valence electrons. The van der Waals surface area contributed by atoms with Gasteiger partial charge in [0.25, 0.3) is 5.91 Å². The van der Waals surface area contributed by atoms with Gasteiger partial charge in [-0.2, -0.15) is 5.26 Å². The molecule has 1 saturated carbocycles. The van der Waals surface area contributed by atoms with Crippen molar-refractivity contribution < 1.29 is 14.3 Å². The number of hydrogen-bond donors (Lipinski definition) is 0. The van der Waals surface area contributed by atoms with Gasteiger partial charge in [0, 0.05) is 13.3 Å². The minimum atomic E-state index is -0.494. The fraction of sp³-hybridized carbons (Fsp3) is 0.429. The quantitative estimate of drug-likeness (QED) is 0.664. The van der Waals surface area contributed by atoms with Crippen LogP contribution in [0.1, 0.15) is 48.0 Å². The van der Waals surface area contributed by atoms with E-state index >= 15 is 0 Å². The summed E-state index contributed by atoms with van der Waals surface area (Å²) in [7, 11) is 0. The van der Waals surface area contributed by atoms with Gasteiger partial charge in [-0.3, -0.25) is 14.5 Å². The van der Waals surface area contributed by atoms with Crippen LogP contribution in [-0.2, 0) is 27.3 Å². The lowest BCUT2D eigenvalue weighted by Gasteiger charge is -2.24. The fourth-order valence-corrected chi connectivity index (χ4v) is 4.36. The number of esters is 1. The van der Waals surface area contributed by atoms with Crippen LogP contribution < -0.4 is 4.90 Å². The Hall–Kier alpha value is -2.72. The first kappa shape index (κ1) is 20.0. The number of aromatic nitrogens is 1. The predicted molar refractivity (Wildman–Crippen MR) is 107 cm³/mol. The molecule has 0 N–H and O–H groups in total. The third-order valence-electron chi connectivity index (χ3n) is 4.85. The normalized spacial score (nSPS) is 13.5. The summed E-state index contributed by atoms with van der Waals surface area (Å²) in [4.78, 5) is 30.2. The van der Waals surface area contributed by atoms with E-state index in [1.807, 2.05) is 13.0 Å². The molecule has 0 unspecified atom stereocenters. The standard InChI is InChI=1S/C21H23N3O3S/c1-14-21(28-19(23-14)10-16-5-3-6-16)24(20(26)13-27-15(2)25)12-18-8-4-7-17(9-18)11-22/h4,7-9,16H,3,5-6,10,12-13H2,1-2H3. The van der Waals surface area contributed by atoms with Crippen molar-refractivity contribution in [3.8, 4) is 6.07 Å². The third-order valence-corrected chi connectivity index (χ3v) is 6.05. The average Bonchev–Trinajstić information content (AvgIpc) is 3.01. The maximum atomic E-state index is 12.8. The lowest BCUT2D eigenvalue weighted by atomic mass is 9.83. The molecular weight excluding hydrogens is 374 g/mol. The van der Waals surface area contributed by atoms with E-state index < -0.39 is 5.97 Å². The van der Waals surface area contributed by atoms with Gasteiger partial charge in [0.05, 0.1) is 28.9 Å². The molecule has 6 nitrogen and oxygen atoms in total. The van der Waals surface area contributed by atoms with Gasteiger partial charge >= 0.3 is 5.97 Å². The van der Waals surface area contributed by atoms with Crippen LogP contribution in [0.2, 0.25) is 0 Å². The minimum Gasteiger partial charge on any atom is -0.456 e. The van der Waals surface area contributed by atoms with Crippen molar-refractivity contribution in [3.05, 3.63) is 46.1 Å². The maximum Gasteiger partial charge on any atom is 0.303 e. The highest BCUT2D eigenvalue weighted by atomic mass is 32.1. The van der Waals surface area contributed by atoms with Crippen molar-refractivity contribution in [2.75, 3.05) is 11.5 Å². The van der Waals surface area contributed by atoms with Crippen molar-refractivity contribution in [1.29, 1.82) is 5.26 Å². The van der Waals surface area contributed by atoms with Crippen LogP contribution in [0, 0.1) is 24.2 Å². The number of aryl methyl sites for hydroxylation is 1. The summed E-state index contributed by atoms with van der Waals surface area (Å²) < 4.78 is 4.93. The number of carbonyl (C=O) groups is 2. The molecule has 1 fully saturated rings. The molecule has 0 radical (unpaired) electrons. The lowest BCUT2D eigenvalue weighted by molar-refractivity contribution is -0.145. The van der Waals surface area contributed by atoms with Gasteiger partial charge in [0.15, 0.2) is 6.61 Å². The van der Waals surface area contributed by atoms with E-state index in [1.165, 1.54) is 37.5 Å². The molecule has 1 aromatic heterocycles. The second kappa shape index (κ2) is 8.98. The van der Waals surface area contributed by atoms with Gasteiger partial charge in [0.1, 0.15) is 5.00 Å². The van der Waals surface area contributed by atoms with Crippen molar-refractivity contribution in [2.24, 2.45) is 5.92 Å². The van der Waals surface area contributed by atoms with Gasteiger partial charge in [-0.15, -0.1) is 11.3 Å². The van der Waals surface area contributed by atoms with Gasteiger partial charge in [-0.05, 0) is 30.5 Å². The van der Waals surface area contributed by atoms with E-state index in [9.17, 15) is 9.59 Å². The summed E-state index contributed by atoms with van der Waals surface area (Å²) in [6.45, 7) is 3.15. The summed E-state index contributed by atoms with van der Waals surface area (Å²) in [5, 5.41) is 10.9. The molecule has 1 aliphatic carbocycles. The number of benzene rings is 1. The van der Waals surface area contributed by atoms with Crippen LogP contribution in [0.5, 0.6) is 0 Å². The van der Waals surface area contributed by atoms with E-state index in [0.717, 1.165) is 27.7 Å². The lowest BCUT2D eigenvalue weighted by Crippen LogP contribution is -2.34. The first-order chi connectivity index (χ1) is 13.5. The molecule has 1 heterocycles. The van der Waals surface area contributed by atoms with E-state index in [0.29, 0.717) is 18.0 Å². The minimum absolute atomic E-state index is 0.293. The van der Waals surface area contributed by atoms with Gasteiger partial charge < -0.3 is 4.74 Å². The molecular formula is C21H23N3O3S. The summed E-state index contributed by atoms with van der Waals surface area (Å²) in [6.07, 6.45) is 4.71. The number of anilines is 1. The smallest absolute Gasteiger partial charge is 0.303 e. The Morgan fingerprint density at radius 1 is 1.39 bits per heavy atom. The number of rotatable bonds is 7. The highest BCUT2D eigenvalue weighted by Crippen LogP contribution is 2.35. The van der Waals surface area contributed by atoms with Gasteiger partial charge in [-0.25, -0.2) is 4.98 Å². The number of carbonyl (C=O) groups excluding carboxylic acids is 2. The average molecular weight is 398 g/mol. The number of thiazole rings is 1. The first-order valence-corrected chi connectivity index (χ1v) is 10.2. The molecule has 0 bridgehead atoms. The molecule has 0 atom stereocenters. The van der Waals surface area contributed by atoms with E-state index in [-0.39, 0.29) is 12.5 Å². The summed E-state index contributed by atoms with van der Waals surface area (Å²) >= 11 is 1.53. The van der Waals surface area contributed by atoms with Crippen molar-refractivity contribution in [2.45, 2.75) is 46.1 Å². The number of amides is 1. The van der Waals surface area contributed by atoms with E-state index in [4.69, 9.17) is 10.00 Å². The molecule has 1 aliphatic rings. The van der Waals surface area contributed by atoms with Crippen LogP contribution in [-0.4, -0.2) is 23.5 Å². The Bertz CT molecular complexity index is 912. The molecule has 3 rings (SSSR count). The van der Waals surface area contributed by atoms with Crippen molar-refractivity contribution >= 4 is 28.2 Å². The van der Waals surface area contributed by atoms with E-state index in [2.05, 4.69) is 11.1 Å². The Balaban J connectivity index is 1.85. The zero-order valence-electron chi connectivity index (χ0n) is 16.1. The third kappa shape index (κ3) is 4.96. The van der Waals surface area contributed by atoms with Gasteiger partial charge in [0.2, 0.25) is 0 Å². The topological polar surface area (TPSA) is 83.3 Å². The van der Waals surface area contributed by atoms with Crippen molar-refractivity contribution in [3.63, 3.8) is 0 Å². The fourth-order valence-electron chi connectivity index (χ4n) is 3.16. The maximum absolute atomic E-state index is 12.8. The Morgan fingerprint density at radius 2 is 2.18 bits per heavy atom. The molecule has 1 aromatic carbocycles. The zero-order chi connectivity index (χ0) is 20.1. The molecule has 0 spiro atoms.